The molecule has 3 atom stereocenters. The second kappa shape index (κ2) is 13.2. The molecule has 2 heterocycles. The lowest BCUT2D eigenvalue weighted by Crippen LogP contribution is -2.36. The van der Waals surface area contributed by atoms with Gasteiger partial charge in [0.05, 0.1) is 29.8 Å². The predicted molar refractivity (Wildman–Crippen MR) is 159 cm³/mol. The molecule has 0 spiro atoms. The fourth-order valence-electron chi connectivity index (χ4n) is 4.27. The summed E-state index contributed by atoms with van der Waals surface area (Å²) in [6, 6.07) is 12.5. The maximum Gasteiger partial charge on any atom is 0.459 e. The van der Waals surface area contributed by atoms with Crippen LogP contribution in [0.2, 0.25) is 5.02 Å². The number of carbonyl (C=O) groups is 1. The third-order valence-corrected chi connectivity index (χ3v) is 7.98. The van der Waals surface area contributed by atoms with Gasteiger partial charge in [0.25, 0.3) is 0 Å². The molecular formula is C28H35ClN5O6P. The number of benzene rings is 2. The zero-order valence-corrected chi connectivity index (χ0v) is 25.3. The largest absolute Gasteiger partial charge is 0.462 e. The number of halogens is 1. The molecule has 0 bridgehead atoms. The Bertz CT molecular complexity index is 1560. The summed E-state index contributed by atoms with van der Waals surface area (Å²) in [5.74, 6) is 0.556. The Morgan fingerprint density at radius 3 is 2.49 bits per heavy atom. The van der Waals surface area contributed by atoms with Crippen molar-refractivity contribution >= 4 is 53.1 Å². The first-order chi connectivity index (χ1) is 19.5. The molecule has 41 heavy (non-hydrogen) atoms. The number of hydrogen-bond acceptors (Lipinski definition) is 9. The summed E-state index contributed by atoms with van der Waals surface area (Å²) < 4.78 is 38.7. The molecule has 0 saturated carbocycles. The van der Waals surface area contributed by atoms with E-state index in [4.69, 9.17) is 40.8 Å². The Morgan fingerprint density at radius 2 is 1.80 bits per heavy atom. The SMILES string of the molecule is CCOCc1nc2c(N)nc3ccccc3c2n1[C@H](C)CO[P@@](=O)(N[C@@H](C)C(=O)OC(C)C)Oc1ccc(Cl)cc1. The van der Waals surface area contributed by atoms with Gasteiger partial charge < -0.3 is 24.3 Å². The first-order valence-electron chi connectivity index (χ1n) is 13.3. The first kappa shape index (κ1) is 30.7. The third-order valence-electron chi connectivity index (χ3n) is 6.08. The number of nitrogens with zero attached hydrogens (tertiary/aromatic N) is 3. The number of para-hydroxylation sites is 1. The van der Waals surface area contributed by atoms with E-state index in [1.54, 1.807) is 38.1 Å². The van der Waals surface area contributed by atoms with Crippen LogP contribution in [-0.4, -0.2) is 45.9 Å². The van der Waals surface area contributed by atoms with Crippen LogP contribution in [-0.2, 0) is 30.0 Å². The van der Waals surface area contributed by atoms with Gasteiger partial charge in [-0.25, -0.2) is 14.5 Å². The van der Waals surface area contributed by atoms with Gasteiger partial charge in [0, 0.05) is 17.0 Å². The number of hydrogen-bond donors (Lipinski definition) is 2. The number of nitrogens with one attached hydrogen (secondary N) is 1. The van der Waals surface area contributed by atoms with E-state index < -0.39 is 25.8 Å². The van der Waals surface area contributed by atoms with Crippen molar-refractivity contribution in [2.75, 3.05) is 18.9 Å². The average molecular weight is 604 g/mol. The molecule has 0 aliphatic carbocycles. The Morgan fingerprint density at radius 1 is 1.10 bits per heavy atom. The van der Waals surface area contributed by atoms with Crippen molar-refractivity contribution in [3.63, 3.8) is 0 Å². The number of imidazole rings is 1. The lowest BCUT2D eigenvalue weighted by atomic mass is 10.1. The van der Waals surface area contributed by atoms with E-state index in [1.807, 2.05) is 42.7 Å². The van der Waals surface area contributed by atoms with Crippen molar-refractivity contribution in [2.45, 2.75) is 59.4 Å². The molecule has 0 radical (unpaired) electrons. The van der Waals surface area contributed by atoms with Gasteiger partial charge in [-0.1, -0.05) is 29.8 Å². The number of nitrogen functional groups attached to an aromatic ring is 1. The highest BCUT2D eigenvalue weighted by Gasteiger charge is 2.34. The van der Waals surface area contributed by atoms with Crippen LogP contribution in [0, 0.1) is 0 Å². The third kappa shape index (κ3) is 7.36. The second-order valence-electron chi connectivity index (χ2n) is 9.77. The zero-order valence-electron chi connectivity index (χ0n) is 23.7. The monoisotopic (exact) mass is 603 g/mol. The highest BCUT2D eigenvalue weighted by molar-refractivity contribution is 7.52. The van der Waals surface area contributed by atoms with E-state index in [0.717, 1.165) is 10.9 Å². The van der Waals surface area contributed by atoms with Crippen molar-refractivity contribution in [3.05, 3.63) is 59.4 Å². The van der Waals surface area contributed by atoms with E-state index in [-0.39, 0.29) is 25.1 Å². The van der Waals surface area contributed by atoms with E-state index in [0.29, 0.717) is 34.3 Å². The molecule has 0 saturated heterocycles. The van der Waals surface area contributed by atoms with Gasteiger partial charge in [0.2, 0.25) is 0 Å². The summed E-state index contributed by atoms with van der Waals surface area (Å²) >= 11 is 6.00. The average Bonchev–Trinajstić information content (AvgIpc) is 3.32. The fourth-order valence-corrected chi connectivity index (χ4v) is 5.96. The summed E-state index contributed by atoms with van der Waals surface area (Å²) in [6.45, 7) is 9.41. The van der Waals surface area contributed by atoms with Crippen LogP contribution in [0.4, 0.5) is 5.82 Å². The Kier molecular flexibility index (Phi) is 9.88. The van der Waals surface area contributed by atoms with Crippen molar-refractivity contribution in [1.29, 1.82) is 0 Å². The number of rotatable bonds is 13. The van der Waals surface area contributed by atoms with Crippen LogP contribution in [0.1, 0.15) is 46.5 Å². The molecule has 13 heteroatoms. The molecule has 0 aliphatic heterocycles. The molecule has 2 aromatic carbocycles. The minimum absolute atomic E-state index is 0.0784. The maximum atomic E-state index is 14.1. The zero-order chi connectivity index (χ0) is 29.7. The van der Waals surface area contributed by atoms with Crippen molar-refractivity contribution in [3.8, 4) is 5.75 Å². The molecule has 11 nitrogen and oxygen atoms in total. The van der Waals surface area contributed by atoms with Gasteiger partial charge in [-0.3, -0.25) is 9.32 Å². The molecular weight excluding hydrogens is 569 g/mol. The Hall–Kier alpha value is -3.21. The predicted octanol–water partition coefficient (Wildman–Crippen LogP) is 6.05. The smallest absolute Gasteiger partial charge is 0.459 e. The standard InChI is InChI=1S/C28H35ClN5O6P/c1-6-37-16-24-32-25-26(22-9-7-8-10-23(22)31-27(25)30)34(24)18(4)15-38-41(36,33-19(5)28(35)39-17(2)3)40-21-13-11-20(29)12-14-21/h7-14,17-19H,6,15-16H2,1-5H3,(H2,30,31)(H,33,36)/t18-,19+,41+/m1/s1. The summed E-state index contributed by atoms with van der Waals surface area (Å²) in [4.78, 5) is 21.8. The Labute approximate surface area is 243 Å². The highest BCUT2D eigenvalue weighted by atomic mass is 35.5. The van der Waals surface area contributed by atoms with Crippen LogP contribution in [0.25, 0.3) is 21.9 Å². The second-order valence-corrected chi connectivity index (χ2v) is 11.9. The Balaban J connectivity index is 1.68. The van der Waals surface area contributed by atoms with Crippen molar-refractivity contribution in [2.24, 2.45) is 0 Å². The van der Waals surface area contributed by atoms with Gasteiger partial charge >= 0.3 is 13.7 Å². The molecule has 0 fully saturated rings. The van der Waals surface area contributed by atoms with E-state index >= 15 is 0 Å². The molecule has 220 valence electrons. The van der Waals surface area contributed by atoms with Crippen LogP contribution >= 0.6 is 19.3 Å². The van der Waals surface area contributed by atoms with E-state index in [9.17, 15) is 9.36 Å². The van der Waals surface area contributed by atoms with Gasteiger partial charge in [0.15, 0.2) is 5.82 Å². The first-order valence-corrected chi connectivity index (χ1v) is 15.2. The molecule has 3 N–H and O–H groups in total. The lowest BCUT2D eigenvalue weighted by molar-refractivity contribution is -0.149. The number of nitrogens with two attached hydrogens (primary N) is 1. The summed E-state index contributed by atoms with van der Waals surface area (Å²) in [7, 11) is -4.12. The van der Waals surface area contributed by atoms with Gasteiger partial charge in [-0.2, -0.15) is 5.09 Å². The van der Waals surface area contributed by atoms with Crippen LogP contribution in [0.5, 0.6) is 5.75 Å². The molecule has 0 aliphatic rings. The molecule has 4 aromatic rings. The minimum Gasteiger partial charge on any atom is -0.462 e. The fraction of sp³-hybridized carbons (Fsp3) is 0.393. The normalized spacial score (nSPS) is 14.7. The van der Waals surface area contributed by atoms with Gasteiger partial charge in [0.1, 0.15) is 29.7 Å². The molecule has 4 rings (SSSR count). The van der Waals surface area contributed by atoms with Crippen molar-refractivity contribution < 1.29 is 27.9 Å². The number of ether oxygens (including phenoxy) is 2. The molecule has 2 aromatic heterocycles. The molecule has 0 amide bonds. The lowest BCUT2D eigenvalue weighted by Gasteiger charge is -2.25. The number of fused-ring (bicyclic) bond motifs is 3. The number of esters is 1. The summed E-state index contributed by atoms with van der Waals surface area (Å²) in [5, 5.41) is 4.05. The van der Waals surface area contributed by atoms with Gasteiger partial charge in [-0.05, 0) is 65.0 Å². The highest BCUT2D eigenvalue weighted by Crippen LogP contribution is 2.46. The number of pyridine rings is 1. The number of carbonyl (C=O) groups excluding carboxylic acids is 1. The number of aromatic nitrogens is 3. The van der Waals surface area contributed by atoms with Crippen LogP contribution in [0.15, 0.2) is 48.5 Å². The number of anilines is 1. The summed E-state index contributed by atoms with van der Waals surface area (Å²) in [6.07, 6.45) is -0.348. The molecule has 0 unspecified atom stereocenters. The van der Waals surface area contributed by atoms with Crippen LogP contribution < -0.4 is 15.3 Å². The van der Waals surface area contributed by atoms with E-state index in [2.05, 4.69) is 10.1 Å². The van der Waals surface area contributed by atoms with E-state index in [1.165, 1.54) is 6.92 Å². The van der Waals surface area contributed by atoms with Crippen molar-refractivity contribution in [1.82, 2.24) is 19.6 Å². The van der Waals surface area contributed by atoms with Crippen LogP contribution in [0.3, 0.4) is 0 Å². The minimum atomic E-state index is -4.12. The van der Waals surface area contributed by atoms with Gasteiger partial charge in [-0.15, -0.1) is 0 Å². The summed E-state index contributed by atoms with van der Waals surface area (Å²) in [5.41, 5.74) is 8.31. The quantitative estimate of drug-likeness (QED) is 0.137. The maximum absolute atomic E-state index is 14.1. The topological polar surface area (TPSA) is 140 Å².